The molecule has 27 heavy (non-hydrogen) atoms. The van der Waals surface area contributed by atoms with Crippen molar-refractivity contribution in [2.24, 2.45) is 16.6 Å². The number of amidine groups is 1. The van der Waals surface area contributed by atoms with Gasteiger partial charge in [-0.3, -0.25) is 14.6 Å². The minimum absolute atomic E-state index is 0.0146. The molecule has 1 aromatic rings. The maximum atomic E-state index is 12.6. The van der Waals surface area contributed by atoms with Crippen molar-refractivity contribution in [3.63, 3.8) is 0 Å². The molecule has 2 radical (unpaired) electrons. The fourth-order valence-corrected chi connectivity index (χ4v) is 2.48. The van der Waals surface area contributed by atoms with Crippen LogP contribution in [0.25, 0.3) is 0 Å². The van der Waals surface area contributed by atoms with Crippen molar-refractivity contribution in [2.75, 3.05) is 6.61 Å². The van der Waals surface area contributed by atoms with E-state index in [1.165, 1.54) is 6.92 Å². The van der Waals surface area contributed by atoms with Crippen LogP contribution < -0.4 is 21.3 Å². The second-order valence-electron chi connectivity index (χ2n) is 6.46. The largest absolute Gasteiger partial charge is 0.485 e. The second-order valence-corrected chi connectivity index (χ2v) is 6.46. The minimum atomic E-state index is -4.56. The smallest absolute Gasteiger partial charge is 0.422 e. The Morgan fingerprint density at radius 3 is 2.59 bits per heavy atom. The molecule has 1 saturated carbocycles. The van der Waals surface area contributed by atoms with Gasteiger partial charge in [-0.25, -0.2) is 0 Å². The van der Waals surface area contributed by atoms with E-state index < -0.39 is 30.1 Å². The lowest BCUT2D eigenvalue weighted by molar-refractivity contribution is -0.153. The summed E-state index contributed by atoms with van der Waals surface area (Å²) in [4.78, 5) is 31.3. The number of pyridine rings is 1. The number of hydrogen-bond donors (Lipinski definition) is 2. The SMILES string of the molecule is [B]c1cnc(C(=O)NC(C)(C(N)=NC(C)=O)C2CC2)cc1OCC(F)(F)F. The van der Waals surface area contributed by atoms with Crippen molar-refractivity contribution < 1.29 is 27.5 Å². The Morgan fingerprint density at radius 1 is 1.44 bits per heavy atom. The first-order valence-corrected chi connectivity index (χ1v) is 8.05. The molecule has 1 unspecified atom stereocenters. The molecule has 1 aliphatic carbocycles. The van der Waals surface area contributed by atoms with E-state index in [0.717, 1.165) is 25.1 Å². The Hall–Kier alpha value is -2.59. The first-order chi connectivity index (χ1) is 12.4. The molecule has 0 bridgehead atoms. The van der Waals surface area contributed by atoms with Gasteiger partial charge in [-0.05, 0) is 31.1 Å². The van der Waals surface area contributed by atoms with Crippen LogP contribution in [0.2, 0.25) is 0 Å². The number of halogens is 3. The van der Waals surface area contributed by atoms with Crippen molar-refractivity contribution in [1.82, 2.24) is 10.3 Å². The summed E-state index contributed by atoms with van der Waals surface area (Å²) >= 11 is 0. The van der Waals surface area contributed by atoms with Crippen molar-refractivity contribution in [3.8, 4) is 5.75 Å². The molecule has 11 heteroatoms. The van der Waals surface area contributed by atoms with Gasteiger partial charge < -0.3 is 15.8 Å². The molecule has 144 valence electrons. The number of carbonyl (C=O) groups is 2. The molecule has 1 fully saturated rings. The lowest BCUT2D eigenvalue weighted by Crippen LogP contribution is -2.57. The third-order valence-electron chi connectivity index (χ3n) is 4.10. The topological polar surface area (TPSA) is 107 Å². The fourth-order valence-electron chi connectivity index (χ4n) is 2.48. The highest BCUT2D eigenvalue weighted by Gasteiger charge is 2.46. The van der Waals surface area contributed by atoms with Crippen LogP contribution >= 0.6 is 0 Å². The number of nitrogens with one attached hydrogen (secondary N) is 1. The Bertz CT molecular complexity index is 781. The number of aromatic nitrogens is 1. The Balaban J connectivity index is 2.22. The predicted octanol–water partition coefficient (Wildman–Crippen LogP) is 0.619. The summed E-state index contributed by atoms with van der Waals surface area (Å²) in [6.45, 7) is 1.30. The summed E-state index contributed by atoms with van der Waals surface area (Å²) in [6.07, 6.45) is -1.97. The van der Waals surface area contributed by atoms with Crippen molar-refractivity contribution in [2.45, 2.75) is 38.4 Å². The maximum Gasteiger partial charge on any atom is 0.422 e. The predicted molar refractivity (Wildman–Crippen MR) is 92.1 cm³/mol. The van der Waals surface area contributed by atoms with Crippen molar-refractivity contribution >= 4 is 31.0 Å². The minimum Gasteiger partial charge on any atom is -0.485 e. The molecule has 2 amide bonds. The number of ether oxygens (including phenoxy) is 1. The van der Waals surface area contributed by atoms with Gasteiger partial charge in [-0.15, -0.1) is 0 Å². The lowest BCUT2D eigenvalue weighted by atomic mass is 9.93. The Labute approximate surface area is 155 Å². The van der Waals surface area contributed by atoms with Crippen LogP contribution in [0.4, 0.5) is 13.2 Å². The number of rotatable bonds is 6. The van der Waals surface area contributed by atoms with Crippen LogP contribution in [0.3, 0.4) is 0 Å². The van der Waals surface area contributed by atoms with Crippen LogP contribution in [0, 0.1) is 5.92 Å². The normalized spacial score (nSPS) is 17.1. The van der Waals surface area contributed by atoms with Crippen LogP contribution in [-0.2, 0) is 4.79 Å². The van der Waals surface area contributed by atoms with Crippen molar-refractivity contribution in [1.29, 1.82) is 0 Å². The molecule has 1 atom stereocenters. The molecule has 1 heterocycles. The quantitative estimate of drug-likeness (QED) is 0.426. The average Bonchev–Trinajstić information content (AvgIpc) is 3.37. The van der Waals surface area contributed by atoms with Gasteiger partial charge >= 0.3 is 6.18 Å². The highest BCUT2D eigenvalue weighted by atomic mass is 19.4. The van der Waals surface area contributed by atoms with Crippen LogP contribution in [0.1, 0.15) is 37.2 Å². The van der Waals surface area contributed by atoms with E-state index in [2.05, 4.69) is 20.0 Å². The van der Waals surface area contributed by atoms with Crippen LogP contribution in [0.5, 0.6) is 5.75 Å². The fraction of sp³-hybridized carbons (Fsp3) is 0.500. The van der Waals surface area contributed by atoms with Gasteiger partial charge in [-0.1, -0.05) is 0 Å². The maximum absolute atomic E-state index is 12.6. The molecular weight excluding hydrogens is 364 g/mol. The Morgan fingerprint density at radius 2 is 2.07 bits per heavy atom. The molecule has 7 nitrogen and oxygen atoms in total. The summed E-state index contributed by atoms with van der Waals surface area (Å²) in [5.74, 6) is -1.59. The summed E-state index contributed by atoms with van der Waals surface area (Å²) in [6, 6.07) is 1.02. The third-order valence-corrected chi connectivity index (χ3v) is 4.10. The summed E-state index contributed by atoms with van der Waals surface area (Å²) in [7, 11) is 5.54. The highest BCUT2D eigenvalue weighted by molar-refractivity contribution is 6.34. The van der Waals surface area contributed by atoms with Crippen molar-refractivity contribution in [3.05, 3.63) is 18.0 Å². The first-order valence-electron chi connectivity index (χ1n) is 8.05. The number of nitrogens with zero attached hydrogens (tertiary/aromatic N) is 2. The molecule has 0 spiro atoms. The molecular formula is C16H18BF3N4O3. The number of amides is 2. The zero-order valence-electron chi connectivity index (χ0n) is 14.8. The zero-order valence-corrected chi connectivity index (χ0v) is 14.8. The number of carbonyl (C=O) groups excluding carboxylic acids is 2. The first kappa shape index (κ1) is 20.7. The molecule has 1 aromatic heterocycles. The van der Waals surface area contributed by atoms with E-state index in [9.17, 15) is 22.8 Å². The zero-order chi connectivity index (χ0) is 20.4. The highest BCUT2D eigenvalue weighted by Crippen LogP contribution is 2.40. The standard InChI is InChI=1S/C16H18BF3N4O3/c1-8(25)23-14(21)15(2,9-3-4-9)24-13(26)11-5-12(10(17)6-22-11)27-7-16(18,19)20/h5-6,9H,3-4,7H2,1-2H3,(H,24,26)(H2,21,23,25). The summed E-state index contributed by atoms with van der Waals surface area (Å²) < 4.78 is 41.6. The van der Waals surface area contributed by atoms with E-state index in [1.54, 1.807) is 6.92 Å². The number of nitrogens with two attached hydrogens (primary N) is 1. The molecule has 0 aliphatic heterocycles. The van der Waals surface area contributed by atoms with E-state index in [-0.39, 0.29) is 28.7 Å². The monoisotopic (exact) mass is 382 g/mol. The number of hydrogen-bond acceptors (Lipinski definition) is 4. The second kappa shape index (κ2) is 7.57. The average molecular weight is 382 g/mol. The lowest BCUT2D eigenvalue weighted by Gasteiger charge is -2.30. The van der Waals surface area contributed by atoms with Gasteiger partial charge in [0, 0.05) is 19.2 Å². The van der Waals surface area contributed by atoms with Gasteiger partial charge in [-0.2, -0.15) is 18.2 Å². The molecule has 0 aromatic carbocycles. The number of alkyl halides is 3. The van der Waals surface area contributed by atoms with E-state index in [4.69, 9.17) is 13.6 Å². The van der Waals surface area contributed by atoms with Gasteiger partial charge in [0.15, 0.2) is 6.61 Å². The van der Waals surface area contributed by atoms with E-state index in [1.807, 2.05) is 0 Å². The van der Waals surface area contributed by atoms with Gasteiger partial charge in [0.1, 0.15) is 25.1 Å². The summed E-state index contributed by atoms with van der Waals surface area (Å²) in [5, 5.41) is 2.67. The molecule has 0 saturated heterocycles. The Kier molecular flexibility index (Phi) is 5.81. The van der Waals surface area contributed by atoms with Crippen LogP contribution in [0.15, 0.2) is 17.3 Å². The van der Waals surface area contributed by atoms with Gasteiger partial charge in [0.2, 0.25) is 5.91 Å². The van der Waals surface area contributed by atoms with Gasteiger partial charge in [0.05, 0.1) is 5.54 Å². The third kappa shape index (κ3) is 5.44. The summed E-state index contributed by atoms with van der Waals surface area (Å²) in [5.41, 5.74) is 4.46. The van der Waals surface area contributed by atoms with Crippen LogP contribution in [-0.4, -0.2) is 48.8 Å². The molecule has 3 N–H and O–H groups in total. The van der Waals surface area contributed by atoms with Gasteiger partial charge in [0.25, 0.3) is 5.91 Å². The molecule has 1 aliphatic rings. The van der Waals surface area contributed by atoms with E-state index >= 15 is 0 Å². The molecule has 2 rings (SSSR count). The number of aliphatic imine (C=N–C) groups is 1. The van der Waals surface area contributed by atoms with E-state index in [0.29, 0.717) is 0 Å².